The van der Waals surface area contributed by atoms with E-state index in [1.165, 1.54) is 86.2 Å². The smallest absolute Gasteiger partial charge is 0.143 e. The molecule has 0 radical (unpaired) electrons. The highest BCUT2D eigenvalue weighted by Crippen LogP contribution is 2.56. The standard InChI is InChI=1S/C69H43NOS/c1-2-15-48(16-3-1)69(62-25-9-6-18-56(62)57-19-7-10-26-63(57)69)49-35-41-52(42-36-49)70(50-37-30-45(31-38-50)54-21-12-23-59-58-20-8-11-27-64(58)71-66(54)59)51-39-32-46(33-40-51)55-22-13-24-60-61-43-34-47-29-28-44-14-4-5-17-53(44)65(47)68(61)72-67(55)60/h1-43H. The molecule has 0 spiro atoms. The summed E-state index contributed by atoms with van der Waals surface area (Å²) in [7, 11) is 0. The van der Waals surface area contributed by atoms with Crippen LogP contribution in [-0.4, -0.2) is 0 Å². The molecule has 14 aromatic rings. The van der Waals surface area contributed by atoms with Crippen LogP contribution < -0.4 is 4.90 Å². The Morgan fingerprint density at radius 2 is 0.819 bits per heavy atom. The van der Waals surface area contributed by atoms with Gasteiger partial charge >= 0.3 is 0 Å². The molecule has 0 saturated heterocycles. The normalized spacial score (nSPS) is 12.8. The Bertz CT molecular complexity index is 4390. The predicted molar refractivity (Wildman–Crippen MR) is 304 cm³/mol. The van der Waals surface area contributed by atoms with Crippen molar-refractivity contribution in [1.82, 2.24) is 0 Å². The molecule has 15 rings (SSSR count). The maximum Gasteiger partial charge on any atom is 0.143 e. The van der Waals surface area contributed by atoms with Crippen molar-refractivity contribution < 1.29 is 4.42 Å². The minimum Gasteiger partial charge on any atom is -0.455 e. The van der Waals surface area contributed by atoms with E-state index >= 15 is 0 Å². The molecule has 0 unspecified atom stereocenters. The first kappa shape index (κ1) is 40.8. The lowest BCUT2D eigenvalue weighted by molar-refractivity contribution is 0.670. The number of thiophene rings is 1. The SMILES string of the molecule is c1ccc(C2(c3ccc(N(c4ccc(-c5cccc6c5oc5ccccc56)cc4)c4ccc(-c5cccc6c5sc5c6ccc6ccc7ccccc7c65)cc4)cc3)c3ccccc3-c3ccccc32)cc1. The molecule has 72 heavy (non-hydrogen) atoms. The summed E-state index contributed by atoms with van der Waals surface area (Å²) in [5, 5.41) is 10.1. The molecule has 0 atom stereocenters. The summed E-state index contributed by atoms with van der Waals surface area (Å²) in [6, 6.07) is 95.9. The van der Waals surface area contributed by atoms with Gasteiger partial charge in [0.2, 0.25) is 0 Å². The first-order valence-corrected chi connectivity index (χ1v) is 25.5. The van der Waals surface area contributed by atoms with Crippen LogP contribution in [0.25, 0.3) is 97.0 Å². The number of nitrogens with zero attached hydrogens (tertiary/aromatic N) is 1. The number of fused-ring (bicyclic) bond motifs is 13. The Kier molecular flexibility index (Phi) is 9.08. The molecule has 0 fully saturated rings. The number of benzene rings is 12. The quantitative estimate of drug-likeness (QED) is 0.148. The van der Waals surface area contributed by atoms with Crippen molar-refractivity contribution in [1.29, 1.82) is 0 Å². The summed E-state index contributed by atoms with van der Waals surface area (Å²) in [4.78, 5) is 2.39. The fourth-order valence-electron chi connectivity index (χ4n) is 12.1. The zero-order valence-corrected chi connectivity index (χ0v) is 39.9. The third-order valence-electron chi connectivity index (χ3n) is 15.4. The van der Waals surface area contributed by atoms with Crippen LogP contribution in [0.3, 0.4) is 0 Å². The van der Waals surface area contributed by atoms with Crippen molar-refractivity contribution in [2.45, 2.75) is 5.41 Å². The average molecular weight is 934 g/mol. The molecule has 0 N–H and O–H groups in total. The monoisotopic (exact) mass is 933 g/mol. The topological polar surface area (TPSA) is 16.4 Å². The van der Waals surface area contributed by atoms with E-state index in [9.17, 15) is 0 Å². The molecule has 0 aliphatic heterocycles. The Morgan fingerprint density at radius 3 is 1.54 bits per heavy atom. The summed E-state index contributed by atoms with van der Waals surface area (Å²) >= 11 is 1.92. The van der Waals surface area contributed by atoms with Gasteiger partial charge in [-0.2, -0.15) is 0 Å². The molecule has 2 nitrogen and oxygen atoms in total. The van der Waals surface area contributed by atoms with Gasteiger partial charge in [-0.1, -0.05) is 218 Å². The second-order valence-corrected chi connectivity index (χ2v) is 20.1. The summed E-state index contributed by atoms with van der Waals surface area (Å²) < 4.78 is 9.16. The van der Waals surface area contributed by atoms with E-state index in [0.29, 0.717) is 0 Å². The average Bonchev–Trinajstić information content (AvgIpc) is 4.13. The molecule has 2 aromatic heterocycles. The van der Waals surface area contributed by atoms with Crippen molar-refractivity contribution in [3.8, 4) is 33.4 Å². The molecule has 0 saturated carbocycles. The number of hydrogen-bond donors (Lipinski definition) is 0. The van der Waals surface area contributed by atoms with Gasteiger partial charge in [0.25, 0.3) is 0 Å². The van der Waals surface area contributed by atoms with E-state index in [1.807, 2.05) is 17.4 Å². The lowest BCUT2D eigenvalue weighted by Crippen LogP contribution is -2.28. The van der Waals surface area contributed by atoms with Crippen LogP contribution in [0.1, 0.15) is 22.3 Å². The summed E-state index contributed by atoms with van der Waals surface area (Å²) in [6.45, 7) is 0. The Balaban J connectivity index is 0.872. The summed E-state index contributed by atoms with van der Waals surface area (Å²) in [6.07, 6.45) is 0. The number of hydrogen-bond acceptors (Lipinski definition) is 3. The first-order valence-electron chi connectivity index (χ1n) is 24.7. The van der Waals surface area contributed by atoms with Crippen LogP contribution in [0.2, 0.25) is 0 Å². The van der Waals surface area contributed by atoms with E-state index in [2.05, 4.69) is 260 Å². The summed E-state index contributed by atoms with van der Waals surface area (Å²) in [5.41, 5.74) is 16.9. The van der Waals surface area contributed by atoms with Crippen molar-refractivity contribution >= 4 is 92.1 Å². The van der Waals surface area contributed by atoms with Crippen LogP contribution in [0.5, 0.6) is 0 Å². The second-order valence-electron chi connectivity index (χ2n) is 19.1. The van der Waals surface area contributed by atoms with E-state index in [1.54, 1.807) is 0 Å². The van der Waals surface area contributed by atoms with Crippen LogP contribution in [0.4, 0.5) is 17.1 Å². The van der Waals surface area contributed by atoms with Gasteiger partial charge in [0, 0.05) is 59.0 Å². The number of anilines is 3. The fourth-order valence-corrected chi connectivity index (χ4v) is 13.6. The van der Waals surface area contributed by atoms with Crippen molar-refractivity contribution in [2.75, 3.05) is 4.90 Å². The van der Waals surface area contributed by atoms with Crippen LogP contribution in [0, 0.1) is 0 Å². The van der Waals surface area contributed by atoms with Crippen LogP contribution in [-0.2, 0) is 5.41 Å². The lowest BCUT2D eigenvalue weighted by atomic mass is 9.68. The zero-order valence-electron chi connectivity index (χ0n) is 39.1. The van der Waals surface area contributed by atoms with Gasteiger partial charge < -0.3 is 9.32 Å². The van der Waals surface area contributed by atoms with Crippen molar-refractivity contribution in [3.63, 3.8) is 0 Å². The van der Waals surface area contributed by atoms with Gasteiger partial charge in [0.15, 0.2) is 0 Å². The highest BCUT2D eigenvalue weighted by atomic mass is 32.1. The zero-order chi connectivity index (χ0) is 47.3. The maximum atomic E-state index is 6.51. The fraction of sp³-hybridized carbons (Fsp3) is 0.0145. The van der Waals surface area contributed by atoms with Gasteiger partial charge in [0.05, 0.1) is 5.41 Å². The van der Waals surface area contributed by atoms with Crippen LogP contribution in [0.15, 0.2) is 265 Å². The Hall–Kier alpha value is -9.02. The van der Waals surface area contributed by atoms with Gasteiger partial charge in [-0.25, -0.2) is 0 Å². The molecule has 2 heterocycles. The molecule has 12 aromatic carbocycles. The summed E-state index contributed by atoms with van der Waals surface area (Å²) in [5.74, 6) is 0. The highest BCUT2D eigenvalue weighted by molar-refractivity contribution is 7.27. The van der Waals surface area contributed by atoms with Gasteiger partial charge in [0.1, 0.15) is 11.2 Å². The van der Waals surface area contributed by atoms with Gasteiger partial charge in [-0.05, 0) is 109 Å². The molecule has 0 bridgehead atoms. The molecule has 336 valence electrons. The van der Waals surface area contributed by atoms with Gasteiger partial charge in [-0.3, -0.25) is 0 Å². The second kappa shape index (κ2) is 16.0. The van der Waals surface area contributed by atoms with E-state index < -0.39 is 5.41 Å². The van der Waals surface area contributed by atoms with Gasteiger partial charge in [-0.15, -0.1) is 11.3 Å². The molecule has 1 aliphatic carbocycles. The van der Waals surface area contributed by atoms with Crippen LogP contribution >= 0.6 is 11.3 Å². The lowest BCUT2D eigenvalue weighted by Gasteiger charge is -2.34. The van der Waals surface area contributed by atoms with E-state index in [0.717, 1.165) is 50.1 Å². The number of furan rings is 1. The van der Waals surface area contributed by atoms with Crippen molar-refractivity contribution in [2.24, 2.45) is 0 Å². The minimum atomic E-state index is -0.480. The third kappa shape index (κ3) is 6.01. The third-order valence-corrected chi connectivity index (χ3v) is 16.6. The minimum absolute atomic E-state index is 0.480. The largest absolute Gasteiger partial charge is 0.455 e. The molecule has 0 amide bonds. The van der Waals surface area contributed by atoms with Crippen molar-refractivity contribution in [3.05, 3.63) is 283 Å². The molecule has 1 aliphatic rings. The maximum absolute atomic E-state index is 6.51. The molecule has 3 heteroatoms. The molecular formula is C69H43NOS. The highest BCUT2D eigenvalue weighted by Gasteiger charge is 2.45. The Labute approximate surface area is 420 Å². The number of rotatable bonds is 7. The predicted octanol–water partition coefficient (Wildman–Crippen LogP) is 19.4. The first-order chi connectivity index (χ1) is 35.7. The number of para-hydroxylation sites is 2. The van der Waals surface area contributed by atoms with E-state index in [4.69, 9.17) is 4.42 Å². The van der Waals surface area contributed by atoms with E-state index in [-0.39, 0.29) is 0 Å². The Morgan fingerprint density at radius 1 is 0.319 bits per heavy atom. The molecular weight excluding hydrogens is 891 g/mol.